The summed E-state index contributed by atoms with van der Waals surface area (Å²) in [7, 11) is 0. The third-order valence-corrected chi connectivity index (χ3v) is 3.65. The summed E-state index contributed by atoms with van der Waals surface area (Å²) in [5, 5.41) is 4.32. The van der Waals surface area contributed by atoms with Crippen LogP contribution in [0.2, 0.25) is 5.02 Å². The first-order valence-electron chi connectivity index (χ1n) is 6.78. The minimum atomic E-state index is -0.544. The van der Waals surface area contributed by atoms with Gasteiger partial charge in [-0.15, -0.1) is 0 Å². The molecule has 2 heterocycles. The first kappa shape index (κ1) is 15.2. The Kier molecular flexibility index (Phi) is 3.87. The highest BCUT2D eigenvalue weighted by Crippen LogP contribution is 2.33. The molecule has 8 heteroatoms. The molecule has 0 saturated heterocycles. The summed E-state index contributed by atoms with van der Waals surface area (Å²) in [6, 6.07) is 5.75. The molecule has 0 atom stereocenters. The molecule has 118 valence electrons. The molecule has 0 saturated carbocycles. The summed E-state index contributed by atoms with van der Waals surface area (Å²) >= 11 is 6.08. The van der Waals surface area contributed by atoms with Crippen molar-refractivity contribution in [3.05, 3.63) is 47.1 Å². The average Bonchev–Trinajstić information content (AvgIpc) is 2.95. The Morgan fingerprint density at radius 2 is 2.17 bits per heavy atom. The SMILES string of the molecule is CCOC(=O)c1ncn2nc(-c3c(F)ccc(N)c3Cl)ccc12. The molecule has 0 bridgehead atoms. The number of rotatable bonds is 3. The van der Waals surface area contributed by atoms with Crippen LogP contribution in [0, 0.1) is 5.82 Å². The van der Waals surface area contributed by atoms with E-state index in [0.717, 1.165) is 0 Å². The van der Waals surface area contributed by atoms with Gasteiger partial charge in [0.05, 0.1) is 34.1 Å². The predicted octanol–water partition coefficient (Wildman–Crippen LogP) is 2.95. The van der Waals surface area contributed by atoms with Gasteiger partial charge >= 0.3 is 5.97 Å². The van der Waals surface area contributed by atoms with Crippen LogP contribution in [0.5, 0.6) is 0 Å². The van der Waals surface area contributed by atoms with Crippen LogP contribution in [-0.2, 0) is 4.74 Å². The number of nitrogens with zero attached hydrogens (tertiary/aromatic N) is 3. The number of halogens is 2. The van der Waals surface area contributed by atoms with Crippen LogP contribution < -0.4 is 5.73 Å². The topological polar surface area (TPSA) is 82.5 Å². The number of ether oxygens (including phenoxy) is 1. The fourth-order valence-corrected chi connectivity index (χ4v) is 2.44. The van der Waals surface area contributed by atoms with E-state index in [-0.39, 0.29) is 34.3 Å². The van der Waals surface area contributed by atoms with Crippen LogP contribution in [0.1, 0.15) is 17.4 Å². The molecule has 0 fully saturated rings. The summed E-state index contributed by atoms with van der Waals surface area (Å²) in [5.74, 6) is -1.08. The Bertz CT molecular complexity index is 910. The summed E-state index contributed by atoms with van der Waals surface area (Å²) < 4.78 is 20.4. The molecule has 0 aliphatic carbocycles. The summed E-state index contributed by atoms with van der Waals surface area (Å²) in [4.78, 5) is 15.8. The van der Waals surface area contributed by atoms with E-state index < -0.39 is 11.8 Å². The van der Waals surface area contributed by atoms with E-state index in [0.29, 0.717) is 5.52 Å². The third-order valence-electron chi connectivity index (χ3n) is 3.25. The minimum absolute atomic E-state index is 0.0857. The second-order valence-corrected chi connectivity index (χ2v) is 5.07. The second-order valence-electron chi connectivity index (χ2n) is 4.69. The molecule has 3 rings (SSSR count). The van der Waals surface area contributed by atoms with Crippen molar-refractivity contribution in [3.63, 3.8) is 0 Å². The zero-order chi connectivity index (χ0) is 16.6. The molecule has 0 amide bonds. The molecule has 2 aromatic heterocycles. The number of esters is 1. The number of carbonyl (C=O) groups is 1. The second kappa shape index (κ2) is 5.85. The fourth-order valence-electron chi connectivity index (χ4n) is 2.18. The van der Waals surface area contributed by atoms with Crippen molar-refractivity contribution in [1.82, 2.24) is 14.6 Å². The smallest absolute Gasteiger partial charge is 0.359 e. The Morgan fingerprint density at radius 3 is 2.91 bits per heavy atom. The third kappa shape index (κ3) is 2.59. The van der Waals surface area contributed by atoms with E-state index in [1.165, 1.54) is 23.0 Å². The number of aromatic nitrogens is 3. The normalized spacial score (nSPS) is 10.9. The summed E-state index contributed by atoms with van der Waals surface area (Å²) in [6.45, 7) is 1.95. The van der Waals surface area contributed by atoms with Crippen molar-refractivity contribution in [2.24, 2.45) is 0 Å². The predicted molar refractivity (Wildman–Crippen MR) is 83.8 cm³/mol. The van der Waals surface area contributed by atoms with Gasteiger partial charge in [-0.3, -0.25) is 0 Å². The molecule has 0 radical (unpaired) electrons. The molecule has 23 heavy (non-hydrogen) atoms. The van der Waals surface area contributed by atoms with Crippen LogP contribution in [0.4, 0.5) is 10.1 Å². The molecule has 2 N–H and O–H groups in total. The fraction of sp³-hybridized carbons (Fsp3) is 0.133. The average molecular weight is 335 g/mol. The number of hydrogen-bond acceptors (Lipinski definition) is 5. The number of nitrogens with two attached hydrogens (primary N) is 1. The van der Waals surface area contributed by atoms with Gasteiger partial charge in [-0.2, -0.15) is 5.10 Å². The van der Waals surface area contributed by atoms with Crippen LogP contribution in [0.3, 0.4) is 0 Å². The van der Waals surface area contributed by atoms with Crippen molar-refractivity contribution >= 4 is 28.8 Å². The number of nitrogen functional groups attached to an aromatic ring is 1. The number of fused-ring (bicyclic) bond motifs is 1. The Hall–Kier alpha value is -2.67. The lowest BCUT2D eigenvalue weighted by Crippen LogP contribution is -2.06. The van der Waals surface area contributed by atoms with Gasteiger partial charge in [0, 0.05) is 0 Å². The van der Waals surface area contributed by atoms with Gasteiger partial charge in [-0.25, -0.2) is 18.7 Å². The molecular formula is C15H12ClFN4O2. The van der Waals surface area contributed by atoms with Crippen molar-refractivity contribution in [1.29, 1.82) is 0 Å². The number of anilines is 1. The summed E-state index contributed by atoms with van der Waals surface area (Å²) in [5.41, 5.74) is 6.93. The highest BCUT2D eigenvalue weighted by Gasteiger charge is 2.18. The van der Waals surface area contributed by atoms with Crippen molar-refractivity contribution in [3.8, 4) is 11.3 Å². The molecule has 0 spiro atoms. The molecule has 6 nitrogen and oxygen atoms in total. The standard InChI is InChI=1S/C15H12ClFN4O2/c1-2-23-15(22)14-11-6-5-10(20-21(11)7-19-14)12-8(17)3-4-9(18)13(12)16/h3-7H,2,18H2,1H3. The Morgan fingerprint density at radius 1 is 1.39 bits per heavy atom. The lowest BCUT2D eigenvalue weighted by Gasteiger charge is -2.08. The number of imidazole rings is 1. The van der Waals surface area contributed by atoms with Gasteiger partial charge in [0.2, 0.25) is 0 Å². The maximum Gasteiger partial charge on any atom is 0.359 e. The lowest BCUT2D eigenvalue weighted by molar-refractivity contribution is 0.0522. The number of hydrogen-bond donors (Lipinski definition) is 1. The van der Waals surface area contributed by atoms with Crippen molar-refractivity contribution < 1.29 is 13.9 Å². The van der Waals surface area contributed by atoms with Gasteiger partial charge in [-0.1, -0.05) is 11.6 Å². The van der Waals surface area contributed by atoms with Gasteiger partial charge < -0.3 is 10.5 Å². The highest BCUT2D eigenvalue weighted by atomic mass is 35.5. The van der Waals surface area contributed by atoms with E-state index in [1.807, 2.05) is 0 Å². The minimum Gasteiger partial charge on any atom is -0.461 e. The Labute approximate surface area is 135 Å². The number of benzene rings is 1. The zero-order valence-corrected chi connectivity index (χ0v) is 12.8. The van der Waals surface area contributed by atoms with Crippen LogP contribution >= 0.6 is 11.6 Å². The van der Waals surface area contributed by atoms with Crippen LogP contribution in [0.15, 0.2) is 30.6 Å². The first-order chi connectivity index (χ1) is 11.0. The maximum absolute atomic E-state index is 14.1. The highest BCUT2D eigenvalue weighted by molar-refractivity contribution is 6.35. The first-order valence-corrected chi connectivity index (χ1v) is 7.16. The quantitative estimate of drug-likeness (QED) is 0.588. The van der Waals surface area contributed by atoms with E-state index in [2.05, 4.69) is 10.1 Å². The van der Waals surface area contributed by atoms with Gasteiger partial charge in [0.15, 0.2) is 5.69 Å². The molecular weight excluding hydrogens is 323 g/mol. The Balaban J connectivity index is 2.13. The van der Waals surface area contributed by atoms with E-state index in [9.17, 15) is 9.18 Å². The lowest BCUT2D eigenvalue weighted by atomic mass is 10.1. The van der Waals surface area contributed by atoms with Crippen LogP contribution in [0.25, 0.3) is 16.8 Å². The van der Waals surface area contributed by atoms with E-state index in [1.54, 1.807) is 19.1 Å². The molecule has 3 aromatic rings. The monoisotopic (exact) mass is 334 g/mol. The maximum atomic E-state index is 14.1. The van der Waals surface area contributed by atoms with Crippen molar-refractivity contribution in [2.45, 2.75) is 6.92 Å². The molecule has 0 aliphatic rings. The molecule has 1 aromatic carbocycles. The molecule has 0 aliphatic heterocycles. The largest absolute Gasteiger partial charge is 0.461 e. The molecule has 0 unspecified atom stereocenters. The van der Waals surface area contributed by atoms with Gasteiger partial charge in [0.1, 0.15) is 12.1 Å². The zero-order valence-electron chi connectivity index (χ0n) is 12.1. The van der Waals surface area contributed by atoms with Gasteiger partial charge in [-0.05, 0) is 31.2 Å². The van der Waals surface area contributed by atoms with Gasteiger partial charge in [0.25, 0.3) is 0 Å². The van der Waals surface area contributed by atoms with E-state index >= 15 is 0 Å². The van der Waals surface area contributed by atoms with Crippen LogP contribution in [-0.4, -0.2) is 27.2 Å². The summed E-state index contributed by atoms with van der Waals surface area (Å²) in [6.07, 6.45) is 1.35. The number of carbonyl (C=O) groups excluding carboxylic acids is 1. The van der Waals surface area contributed by atoms with Crippen molar-refractivity contribution in [2.75, 3.05) is 12.3 Å². The van der Waals surface area contributed by atoms with E-state index in [4.69, 9.17) is 22.1 Å².